The molecule has 4 rings (SSSR count). The van der Waals surface area contributed by atoms with Crippen LogP contribution in [0.25, 0.3) is 0 Å². The Morgan fingerprint density at radius 1 is 0.919 bits per heavy atom. The van der Waals surface area contributed by atoms with Crippen molar-refractivity contribution in [2.75, 3.05) is 35.0 Å². The van der Waals surface area contributed by atoms with Crippen molar-refractivity contribution in [1.82, 2.24) is 10.2 Å². The molecule has 1 aliphatic heterocycles. The molecule has 3 aromatic carbocycles. The van der Waals surface area contributed by atoms with Crippen molar-refractivity contribution in [3.8, 4) is 23.0 Å². The van der Waals surface area contributed by atoms with E-state index in [1.54, 1.807) is 34.5 Å². The highest BCUT2D eigenvalue weighted by atomic mass is 16.5. The van der Waals surface area contributed by atoms with E-state index in [2.05, 4.69) is 41.4 Å². The van der Waals surface area contributed by atoms with Crippen molar-refractivity contribution in [3.05, 3.63) is 82.9 Å². The Bertz CT molecular complexity index is 1210. The summed E-state index contributed by atoms with van der Waals surface area (Å²) in [6.07, 6.45) is 1.63. The smallest absolute Gasteiger partial charge is 0.251 e. The molecule has 0 spiro atoms. The minimum Gasteiger partial charge on any atom is -0.497 e. The van der Waals surface area contributed by atoms with Crippen LogP contribution < -0.4 is 24.3 Å². The summed E-state index contributed by atoms with van der Waals surface area (Å²) in [5.74, 6) is 2.77. The lowest BCUT2D eigenvalue weighted by Gasteiger charge is -2.42. The van der Waals surface area contributed by atoms with Gasteiger partial charge in [0.1, 0.15) is 11.5 Å². The van der Waals surface area contributed by atoms with Crippen molar-refractivity contribution in [1.29, 1.82) is 0 Å². The van der Waals surface area contributed by atoms with E-state index in [0.717, 1.165) is 43.0 Å². The number of rotatable bonds is 10. The molecule has 2 atom stereocenters. The second-order valence-corrected chi connectivity index (χ2v) is 9.14. The van der Waals surface area contributed by atoms with Crippen LogP contribution in [0.3, 0.4) is 0 Å². The van der Waals surface area contributed by atoms with E-state index in [1.807, 2.05) is 30.3 Å². The summed E-state index contributed by atoms with van der Waals surface area (Å²) < 4.78 is 21.9. The lowest BCUT2D eigenvalue weighted by Crippen LogP contribution is -2.48. The van der Waals surface area contributed by atoms with E-state index in [4.69, 9.17) is 18.9 Å². The number of carbonyl (C=O) groups excluding carboxylic acids is 1. The molecule has 7 heteroatoms. The molecule has 1 amide bonds. The van der Waals surface area contributed by atoms with Gasteiger partial charge in [0.05, 0.1) is 34.5 Å². The fourth-order valence-electron chi connectivity index (χ4n) is 5.06. The third-order valence-corrected chi connectivity index (χ3v) is 7.04. The van der Waals surface area contributed by atoms with Crippen molar-refractivity contribution in [2.45, 2.75) is 38.4 Å². The highest BCUT2D eigenvalue weighted by Crippen LogP contribution is 2.40. The number of fused-ring (bicyclic) bond motifs is 1. The van der Waals surface area contributed by atoms with Crippen LogP contribution in [0.2, 0.25) is 0 Å². The number of nitrogens with one attached hydrogen (secondary N) is 1. The molecule has 0 radical (unpaired) electrons. The van der Waals surface area contributed by atoms with Gasteiger partial charge >= 0.3 is 0 Å². The quantitative estimate of drug-likeness (QED) is 0.418. The van der Waals surface area contributed by atoms with Crippen LogP contribution in [0.1, 0.15) is 46.4 Å². The van der Waals surface area contributed by atoms with Crippen molar-refractivity contribution in [3.63, 3.8) is 0 Å². The largest absolute Gasteiger partial charge is 0.497 e. The lowest BCUT2D eigenvalue weighted by atomic mass is 9.86. The molecular formula is C30H36N2O5. The minimum atomic E-state index is -0.130. The van der Waals surface area contributed by atoms with Gasteiger partial charge in [-0.1, -0.05) is 25.1 Å². The van der Waals surface area contributed by atoms with E-state index in [1.165, 1.54) is 11.1 Å². The third kappa shape index (κ3) is 5.83. The van der Waals surface area contributed by atoms with Crippen LogP contribution in [-0.2, 0) is 13.0 Å². The zero-order valence-electron chi connectivity index (χ0n) is 22.2. The Kier molecular flexibility index (Phi) is 8.56. The number of hydrogen-bond acceptors (Lipinski definition) is 6. The summed E-state index contributed by atoms with van der Waals surface area (Å²) in [4.78, 5) is 15.8. The molecule has 196 valence electrons. The molecule has 0 aliphatic carbocycles. The van der Waals surface area contributed by atoms with Crippen LogP contribution >= 0.6 is 0 Å². The predicted octanol–water partition coefficient (Wildman–Crippen LogP) is 5.03. The van der Waals surface area contributed by atoms with Gasteiger partial charge in [0, 0.05) is 24.7 Å². The van der Waals surface area contributed by atoms with Gasteiger partial charge in [-0.3, -0.25) is 9.69 Å². The van der Waals surface area contributed by atoms with Gasteiger partial charge < -0.3 is 24.3 Å². The average molecular weight is 505 g/mol. The van der Waals surface area contributed by atoms with Gasteiger partial charge in [-0.25, -0.2) is 0 Å². The van der Waals surface area contributed by atoms with Crippen molar-refractivity contribution in [2.24, 2.45) is 0 Å². The maximum atomic E-state index is 13.4. The molecule has 0 aromatic heterocycles. The molecule has 3 aromatic rings. The predicted molar refractivity (Wildman–Crippen MR) is 144 cm³/mol. The van der Waals surface area contributed by atoms with E-state index in [0.29, 0.717) is 17.1 Å². The van der Waals surface area contributed by atoms with Crippen LogP contribution in [0.5, 0.6) is 23.0 Å². The van der Waals surface area contributed by atoms with Crippen LogP contribution in [0, 0.1) is 0 Å². The fourth-order valence-corrected chi connectivity index (χ4v) is 5.06. The number of methoxy groups -OCH3 is 4. The summed E-state index contributed by atoms with van der Waals surface area (Å²) in [7, 11) is 6.58. The maximum Gasteiger partial charge on any atom is 0.251 e. The van der Waals surface area contributed by atoms with E-state index in [-0.39, 0.29) is 18.0 Å². The first-order valence-electron chi connectivity index (χ1n) is 12.6. The Balaban J connectivity index is 1.70. The van der Waals surface area contributed by atoms with Gasteiger partial charge in [-0.2, -0.15) is 0 Å². The number of benzene rings is 3. The standard InChI is InChI=1S/C30H36N2O5/c1-6-26(31-30(33)22-8-7-9-24(16-22)35-3)29-25-18-28(37-5)27(36-4)17-21(25)14-15-32(29)19-20-10-12-23(34-2)13-11-20/h7-13,16-18,26,29H,6,14-15,19H2,1-5H3,(H,31,33)/t26-,29+/m1/s1. The first kappa shape index (κ1) is 26.4. The number of amides is 1. The Labute approximate surface area is 219 Å². The summed E-state index contributed by atoms with van der Waals surface area (Å²) in [6.45, 7) is 3.70. The molecule has 1 N–H and O–H groups in total. The number of hydrogen-bond donors (Lipinski definition) is 1. The zero-order valence-corrected chi connectivity index (χ0v) is 22.2. The summed E-state index contributed by atoms with van der Waals surface area (Å²) >= 11 is 0. The maximum absolute atomic E-state index is 13.4. The normalized spacial score (nSPS) is 15.9. The van der Waals surface area contributed by atoms with Crippen LogP contribution in [0.4, 0.5) is 0 Å². The minimum absolute atomic E-state index is 0.0507. The van der Waals surface area contributed by atoms with Gasteiger partial charge in [0.2, 0.25) is 0 Å². The molecule has 7 nitrogen and oxygen atoms in total. The second-order valence-electron chi connectivity index (χ2n) is 9.14. The van der Waals surface area contributed by atoms with Crippen LogP contribution in [0.15, 0.2) is 60.7 Å². The fraction of sp³-hybridized carbons (Fsp3) is 0.367. The first-order valence-corrected chi connectivity index (χ1v) is 12.6. The van der Waals surface area contributed by atoms with Crippen molar-refractivity contribution >= 4 is 5.91 Å². The summed E-state index contributed by atoms with van der Waals surface area (Å²) in [5.41, 5.74) is 4.12. The summed E-state index contributed by atoms with van der Waals surface area (Å²) in [6, 6.07) is 19.4. The molecule has 37 heavy (non-hydrogen) atoms. The SMILES string of the molecule is CC[C@@H](NC(=O)c1cccc(OC)c1)[C@@H]1c2cc(OC)c(OC)cc2CCN1Cc1ccc(OC)cc1. The first-order chi connectivity index (χ1) is 18.0. The van der Waals surface area contributed by atoms with E-state index < -0.39 is 0 Å². The topological polar surface area (TPSA) is 69.3 Å². The number of ether oxygens (including phenoxy) is 4. The molecule has 1 heterocycles. The van der Waals surface area contributed by atoms with Crippen LogP contribution in [-0.4, -0.2) is 51.8 Å². The molecular weight excluding hydrogens is 468 g/mol. The average Bonchev–Trinajstić information content (AvgIpc) is 2.95. The third-order valence-electron chi connectivity index (χ3n) is 7.04. The highest BCUT2D eigenvalue weighted by molar-refractivity contribution is 5.94. The molecule has 0 saturated heterocycles. The van der Waals surface area contributed by atoms with E-state index >= 15 is 0 Å². The van der Waals surface area contributed by atoms with Gasteiger partial charge in [0.25, 0.3) is 5.91 Å². The highest BCUT2D eigenvalue weighted by Gasteiger charge is 2.35. The molecule has 1 aliphatic rings. The van der Waals surface area contributed by atoms with E-state index in [9.17, 15) is 4.79 Å². The molecule has 0 bridgehead atoms. The summed E-state index contributed by atoms with van der Waals surface area (Å²) in [5, 5.41) is 3.32. The molecule has 0 unspecified atom stereocenters. The monoisotopic (exact) mass is 504 g/mol. The molecule has 0 saturated carbocycles. The zero-order chi connectivity index (χ0) is 26.4. The van der Waals surface area contributed by atoms with Gasteiger partial charge in [-0.05, 0) is 72.0 Å². The molecule has 0 fully saturated rings. The second kappa shape index (κ2) is 12.0. The number of nitrogens with zero attached hydrogens (tertiary/aromatic N) is 1. The Hall–Kier alpha value is -3.71. The van der Waals surface area contributed by atoms with Gasteiger partial charge in [-0.15, -0.1) is 0 Å². The Morgan fingerprint density at radius 3 is 2.27 bits per heavy atom. The van der Waals surface area contributed by atoms with Crippen molar-refractivity contribution < 1.29 is 23.7 Å². The number of carbonyl (C=O) groups is 1. The van der Waals surface area contributed by atoms with Gasteiger partial charge in [0.15, 0.2) is 11.5 Å². The Morgan fingerprint density at radius 2 is 1.62 bits per heavy atom. The lowest BCUT2D eigenvalue weighted by molar-refractivity contribution is 0.0858.